The third kappa shape index (κ3) is 5.03. The van der Waals surface area contributed by atoms with E-state index in [0.717, 1.165) is 5.69 Å². The largest absolute Gasteiger partial charge is 0.309 e. The topological polar surface area (TPSA) is 9.86 Å². The molecule has 0 aliphatic heterocycles. The van der Waals surface area contributed by atoms with Crippen molar-refractivity contribution < 1.29 is 0 Å². The molecule has 0 amide bonds. The second kappa shape index (κ2) is 12.7. The van der Waals surface area contributed by atoms with E-state index in [1.54, 1.807) is 0 Å². The first-order valence-electron chi connectivity index (χ1n) is 19.5. The molecule has 9 aromatic carbocycles. The maximum absolute atomic E-state index is 2.44. The summed E-state index contributed by atoms with van der Waals surface area (Å²) in [4.78, 5) is 0. The van der Waals surface area contributed by atoms with Gasteiger partial charge < -0.3 is 9.13 Å². The molecule has 0 bridgehead atoms. The number of thiophene rings is 1. The molecule has 0 spiro atoms. The SMILES string of the molecule is c1ccc(-n2c3ccccc3c3ccc(-c4cccc5c4c4ccccc4n5-c4cccc(-c5cccc(-c6ccc7sc8ccccc8c7c6)c5)c4)cc32)cc1. The van der Waals surface area contributed by atoms with Crippen molar-refractivity contribution in [1.29, 1.82) is 0 Å². The number of rotatable bonds is 5. The molecule has 0 unspecified atom stereocenters. The molecule has 3 aromatic heterocycles. The molecule has 0 aliphatic carbocycles. The van der Waals surface area contributed by atoms with E-state index >= 15 is 0 Å². The van der Waals surface area contributed by atoms with Crippen molar-refractivity contribution in [2.45, 2.75) is 0 Å². The summed E-state index contributed by atoms with van der Waals surface area (Å²) in [5, 5.41) is 7.68. The van der Waals surface area contributed by atoms with Crippen LogP contribution in [0.4, 0.5) is 0 Å². The summed E-state index contributed by atoms with van der Waals surface area (Å²) in [6, 6.07) is 75.7. The van der Waals surface area contributed by atoms with Crippen molar-refractivity contribution in [3.63, 3.8) is 0 Å². The Bertz CT molecular complexity index is 3530. The zero-order valence-electron chi connectivity index (χ0n) is 30.9. The molecule has 2 nitrogen and oxygen atoms in total. The first-order chi connectivity index (χ1) is 28.3. The van der Waals surface area contributed by atoms with Gasteiger partial charge in [-0.3, -0.25) is 0 Å². The van der Waals surface area contributed by atoms with Crippen LogP contribution in [0.15, 0.2) is 206 Å². The Hall–Kier alpha value is -7.20. The number of benzene rings is 9. The van der Waals surface area contributed by atoms with Crippen LogP contribution >= 0.6 is 11.3 Å². The van der Waals surface area contributed by atoms with Crippen LogP contribution in [0.5, 0.6) is 0 Å². The van der Waals surface area contributed by atoms with Crippen molar-refractivity contribution in [1.82, 2.24) is 9.13 Å². The van der Waals surface area contributed by atoms with E-state index in [-0.39, 0.29) is 0 Å². The van der Waals surface area contributed by atoms with Crippen molar-refractivity contribution in [2.24, 2.45) is 0 Å². The molecule has 266 valence electrons. The van der Waals surface area contributed by atoms with E-state index in [2.05, 4.69) is 215 Å². The van der Waals surface area contributed by atoms with Gasteiger partial charge in [0.2, 0.25) is 0 Å². The highest BCUT2D eigenvalue weighted by atomic mass is 32.1. The van der Waals surface area contributed by atoms with Crippen molar-refractivity contribution >= 4 is 75.1 Å². The molecule has 3 heteroatoms. The van der Waals surface area contributed by atoms with Crippen LogP contribution in [0.3, 0.4) is 0 Å². The zero-order chi connectivity index (χ0) is 37.5. The molecule has 57 heavy (non-hydrogen) atoms. The quantitative estimate of drug-likeness (QED) is 0.166. The molecule has 12 rings (SSSR count). The maximum Gasteiger partial charge on any atom is 0.0547 e. The number of fused-ring (bicyclic) bond motifs is 9. The highest BCUT2D eigenvalue weighted by Gasteiger charge is 2.19. The Morgan fingerprint density at radius 1 is 0.281 bits per heavy atom. The molecule has 0 atom stereocenters. The second-order valence-corrected chi connectivity index (χ2v) is 16.0. The van der Waals surface area contributed by atoms with E-state index in [9.17, 15) is 0 Å². The predicted octanol–water partition coefficient (Wildman–Crippen LogP) is 15.2. The number of para-hydroxylation sites is 3. The van der Waals surface area contributed by atoms with E-state index in [1.807, 2.05) is 11.3 Å². The zero-order valence-corrected chi connectivity index (χ0v) is 31.7. The van der Waals surface area contributed by atoms with Gasteiger partial charge in [0.25, 0.3) is 0 Å². The Labute approximate surface area is 333 Å². The van der Waals surface area contributed by atoms with Crippen molar-refractivity contribution in [2.75, 3.05) is 0 Å². The van der Waals surface area contributed by atoms with Gasteiger partial charge in [0, 0.05) is 53.1 Å². The third-order valence-electron chi connectivity index (χ3n) is 11.7. The summed E-state index contributed by atoms with van der Waals surface area (Å²) < 4.78 is 7.51. The lowest BCUT2D eigenvalue weighted by atomic mass is 9.97. The van der Waals surface area contributed by atoms with E-state index in [0.29, 0.717) is 0 Å². The lowest BCUT2D eigenvalue weighted by Crippen LogP contribution is -1.94. The number of hydrogen-bond donors (Lipinski definition) is 0. The van der Waals surface area contributed by atoms with Gasteiger partial charge in [-0.2, -0.15) is 0 Å². The van der Waals surface area contributed by atoms with Crippen LogP contribution in [0, 0.1) is 0 Å². The Morgan fingerprint density at radius 2 is 0.842 bits per heavy atom. The standard InChI is InChI=1S/C54H34N2S/c1-2-16-40(17-3-1)55-48-23-7-4-19-43(48)44-29-27-39(34-51(44)55)42-22-12-25-50-54(42)46-21-5-8-24-49(46)56(50)41-18-11-15-37(32-41)35-13-10-14-36(31-35)38-28-30-53-47(33-38)45-20-6-9-26-52(45)57-53/h1-34H. The molecular formula is C54H34N2S. The maximum atomic E-state index is 2.44. The molecule has 12 aromatic rings. The van der Waals surface area contributed by atoms with E-state index in [4.69, 9.17) is 0 Å². The average molecular weight is 743 g/mol. The Morgan fingerprint density at radius 3 is 1.68 bits per heavy atom. The summed E-state index contributed by atoms with van der Waals surface area (Å²) in [6.45, 7) is 0. The van der Waals surface area contributed by atoms with Crippen molar-refractivity contribution in [3.05, 3.63) is 206 Å². The second-order valence-electron chi connectivity index (χ2n) is 14.9. The van der Waals surface area contributed by atoms with Gasteiger partial charge in [0.1, 0.15) is 0 Å². The smallest absolute Gasteiger partial charge is 0.0547 e. The number of aromatic nitrogens is 2. The first kappa shape index (κ1) is 32.1. The van der Waals surface area contributed by atoms with Gasteiger partial charge in [-0.1, -0.05) is 133 Å². The molecule has 0 aliphatic rings. The van der Waals surface area contributed by atoms with Gasteiger partial charge in [-0.25, -0.2) is 0 Å². The van der Waals surface area contributed by atoms with Crippen LogP contribution in [-0.4, -0.2) is 9.13 Å². The fourth-order valence-electron chi connectivity index (χ4n) is 9.14. The summed E-state index contributed by atoms with van der Waals surface area (Å²) in [6.07, 6.45) is 0. The fourth-order valence-corrected chi connectivity index (χ4v) is 10.2. The van der Waals surface area contributed by atoms with Crippen LogP contribution in [0.25, 0.3) is 109 Å². The average Bonchev–Trinajstić information content (AvgIpc) is 3.94. The number of nitrogens with zero attached hydrogens (tertiary/aromatic N) is 2. The normalized spacial score (nSPS) is 11.9. The number of hydrogen-bond acceptors (Lipinski definition) is 1. The van der Waals surface area contributed by atoms with E-state index in [1.165, 1.54) is 103 Å². The predicted molar refractivity (Wildman–Crippen MR) is 244 cm³/mol. The van der Waals surface area contributed by atoms with Gasteiger partial charge >= 0.3 is 0 Å². The molecule has 0 fully saturated rings. The van der Waals surface area contributed by atoms with Gasteiger partial charge in [0.05, 0.1) is 22.1 Å². The summed E-state index contributed by atoms with van der Waals surface area (Å²) in [5.74, 6) is 0. The van der Waals surface area contributed by atoms with Crippen molar-refractivity contribution in [3.8, 4) is 44.8 Å². The Balaban J connectivity index is 0.999. The highest BCUT2D eigenvalue weighted by molar-refractivity contribution is 7.25. The summed E-state index contributed by atoms with van der Waals surface area (Å²) in [7, 11) is 0. The monoisotopic (exact) mass is 742 g/mol. The molecule has 0 saturated heterocycles. The molecule has 3 heterocycles. The van der Waals surface area contributed by atoms with Crippen LogP contribution in [-0.2, 0) is 0 Å². The Kier molecular flexibility index (Phi) is 7.13. The highest BCUT2D eigenvalue weighted by Crippen LogP contribution is 2.42. The van der Waals surface area contributed by atoms with E-state index < -0.39 is 0 Å². The minimum Gasteiger partial charge on any atom is -0.309 e. The lowest BCUT2D eigenvalue weighted by molar-refractivity contribution is 1.18. The minimum absolute atomic E-state index is 1.15. The molecular weight excluding hydrogens is 709 g/mol. The third-order valence-corrected chi connectivity index (χ3v) is 12.9. The van der Waals surface area contributed by atoms with Crippen LogP contribution in [0.2, 0.25) is 0 Å². The summed E-state index contributed by atoms with van der Waals surface area (Å²) >= 11 is 1.86. The lowest BCUT2D eigenvalue weighted by Gasteiger charge is -2.12. The van der Waals surface area contributed by atoms with Crippen LogP contribution in [0.1, 0.15) is 0 Å². The fraction of sp³-hybridized carbons (Fsp3) is 0. The van der Waals surface area contributed by atoms with Gasteiger partial charge in [-0.05, 0) is 106 Å². The molecule has 0 radical (unpaired) electrons. The molecule has 0 saturated carbocycles. The van der Waals surface area contributed by atoms with Crippen LogP contribution < -0.4 is 0 Å². The molecule has 0 N–H and O–H groups in total. The van der Waals surface area contributed by atoms with Gasteiger partial charge in [0.15, 0.2) is 0 Å². The summed E-state index contributed by atoms with van der Waals surface area (Å²) in [5.41, 5.74) is 14.4. The first-order valence-corrected chi connectivity index (χ1v) is 20.3. The van der Waals surface area contributed by atoms with Gasteiger partial charge in [-0.15, -0.1) is 11.3 Å². The minimum atomic E-state index is 1.15.